The highest BCUT2D eigenvalue weighted by molar-refractivity contribution is 7.14. The molecule has 0 atom stereocenters. The van der Waals surface area contributed by atoms with Crippen LogP contribution in [-0.4, -0.2) is 12.9 Å². The van der Waals surface area contributed by atoms with Crippen LogP contribution in [0.25, 0.3) is 6.08 Å². The number of thiophene rings is 1. The summed E-state index contributed by atoms with van der Waals surface area (Å²) in [5.41, 5.74) is 0.973. The van der Waals surface area contributed by atoms with Crippen molar-refractivity contribution in [3.8, 4) is 11.5 Å². The van der Waals surface area contributed by atoms with Crippen LogP contribution in [0.5, 0.6) is 11.5 Å². The average Bonchev–Trinajstić information content (AvgIpc) is 3.25. The number of hydrogen-bond donors (Lipinski definition) is 0. The van der Waals surface area contributed by atoms with E-state index in [0.717, 1.165) is 17.7 Å². The monoisotopic (exact) mass is 464 g/mol. The molecular formula is C24H20F4O3S. The van der Waals surface area contributed by atoms with Crippen molar-refractivity contribution in [2.45, 2.75) is 26.4 Å². The lowest BCUT2D eigenvalue weighted by molar-refractivity contribution is 0.105. The summed E-state index contributed by atoms with van der Waals surface area (Å²) in [6.45, 7) is 1.65. The number of carbonyl (C=O) groups is 1. The van der Waals surface area contributed by atoms with Crippen molar-refractivity contribution in [3.05, 3.63) is 86.6 Å². The first-order chi connectivity index (χ1) is 15.3. The van der Waals surface area contributed by atoms with Crippen LogP contribution in [0, 0.1) is 23.3 Å². The van der Waals surface area contributed by atoms with Crippen molar-refractivity contribution in [1.29, 1.82) is 0 Å². The molecule has 3 aromatic rings. The average molecular weight is 464 g/mol. The Morgan fingerprint density at radius 1 is 1.03 bits per heavy atom. The van der Waals surface area contributed by atoms with Crippen LogP contribution in [0.2, 0.25) is 0 Å². The summed E-state index contributed by atoms with van der Waals surface area (Å²) >= 11 is 1.45. The summed E-state index contributed by atoms with van der Waals surface area (Å²) in [5.74, 6) is -7.32. The second-order valence-electron chi connectivity index (χ2n) is 6.87. The normalized spacial score (nSPS) is 11.2. The van der Waals surface area contributed by atoms with Gasteiger partial charge in [-0.1, -0.05) is 25.5 Å². The summed E-state index contributed by atoms with van der Waals surface area (Å²) in [7, 11) is 1.39. The van der Waals surface area contributed by atoms with E-state index in [2.05, 4.69) is 6.92 Å². The van der Waals surface area contributed by atoms with Gasteiger partial charge in [-0.3, -0.25) is 4.79 Å². The van der Waals surface area contributed by atoms with E-state index in [0.29, 0.717) is 21.8 Å². The zero-order chi connectivity index (χ0) is 23.3. The predicted octanol–water partition coefficient (Wildman–Crippen LogP) is 6.74. The van der Waals surface area contributed by atoms with Crippen molar-refractivity contribution in [1.82, 2.24) is 0 Å². The Morgan fingerprint density at radius 3 is 2.41 bits per heavy atom. The molecule has 0 radical (unpaired) electrons. The van der Waals surface area contributed by atoms with Crippen molar-refractivity contribution >= 4 is 23.2 Å². The Hall–Kier alpha value is -3.13. The topological polar surface area (TPSA) is 35.5 Å². The molecule has 1 aromatic heterocycles. The number of methoxy groups -OCH3 is 1. The molecule has 32 heavy (non-hydrogen) atoms. The Balaban J connectivity index is 1.78. The molecule has 0 saturated carbocycles. The molecule has 168 valence electrons. The molecule has 0 amide bonds. The molecule has 0 N–H and O–H groups in total. The van der Waals surface area contributed by atoms with Gasteiger partial charge in [-0.2, -0.15) is 8.78 Å². The first kappa shape index (κ1) is 23.5. The van der Waals surface area contributed by atoms with E-state index in [1.165, 1.54) is 24.5 Å². The quantitative estimate of drug-likeness (QED) is 0.152. The fourth-order valence-electron chi connectivity index (χ4n) is 2.99. The van der Waals surface area contributed by atoms with Gasteiger partial charge in [-0.25, -0.2) is 8.78 Å². The smallest absolute Gasteiger partial charge is 0.203 e. The maximum atomic E-state index is 13.8. The highest BCUT2D eigenvalue weighted by atomic mass is 32.1. The highest BCUT2D eigenvalue weighted by Crippen LogP contribution is 2.29. The van der Waals surface area contributed by atoms with E-state index >= 15 is 0 Å². The molecule has 0 bridgehead atoms. The van der Waals surface area contributed by atoms with Gasteiger partial charge in [0.2, 0.25) is 11.6 Å². The molecule has 0 aliphatic rings. The van der Waals surface area contributed by atoms with Crippen LogP contribution in [-0.2, 0) is 13.0 Å². The van der Waals surface area contributed by atoms with Crippen LogP contribution < -0.4 is 9.47 Å². The SMILES string of the molecule is CCCc1ccc(C(=O)/C=C/c2ccc(OC)c(COc3c(F)c(F)cc(F)c3F)c2)s1. The van der Waals surface area contributed by atoms with Crippen LogP contribution in [0.15, 0.2) is 42.5 Å². The van der Waals surface area contributed by atoms with Gasteiger partial charge < -0.3 is 9.47 Å². The molecule has 0 saturated heterocycles. The number of benzene rings is 2. The number of rotatable bonds is 9. The zero-order valence-electron chi connectivity index (χ0n) is 17.4. The minimum atomic E-state index is -1.62. The number of allylic oxidation sites excluding steroid dienone is 1. The zero-order valence-corrected chi connectivity index (χ0v) is 18.2. The molecule has 2 aromatic carbocycles. The lowest BCUT2D eigenvalue weighted by Gasteiger charge is -2.13. The van der Waals surface area contributed by atoms with Gasteiger partial charge in [0, 0.05) is 16.5 Å². The van der Waals surface area contributed by atoms with Crippen LogP contribution in [0.3, 0.4) is 0 Å². The van der Waals surface area contributed by atoms with Crippen LogP contribution in [0.1, 0.15) is 39.0 Å². The minimum absolute atomic E-state index is 0.110. The lowest BCUT2D eigenvalue weighted by atomic mass is 10.1. The standard InChI is InChI=1S/C24H20F4O3S/c1-3-4-16-7-10-21(32-16)19(29)8-5-14-6-9-20(30-2)15(11-14)13-31-24-22(27)17(25)12-18(26)23(24)28/h5-12H,3-4,13H2,1-2H3/b8-5+. The molecule has 0 aliphatic carbocycles. The number of hydrogen-bond acceptors (Lipinski definition) is 4. The molecule has 3 rings (SSSR count). The van der Waals surface area contributed by atoms with E-state index in [1.807, 2.05) is 6.07 Å². The summed E-state index contributed by atoms with van der Waals surface area (Å²) in [5, 5.41) is 0. The largest absolute Gasteiger partial charge is 0.496 e. The van der Waals surface area contributed by atoms with Gasteiger partial charge >= 0.3 is 0 Å². The molecule has 0 fully saturated rings. The number of aryl methyl sites for hydroxylation is 1. The van der Waals surface area contributed by atoms with Gasteiger partial charge in [0.15, 0.2) is 23.2 Å². The summed E-state index contributed by atoms with van der Waals surface area (Å²) in [6.07, 6.45) is 4.93. The second kappa shape index (κ2) is 10.5. The van der Waals surface area contributed by atoms with E-state index in [-0.39, 0.29) is 11.8 Å². The third-order valence-electron chi connectivity index (χ3n) is 4.58. The Morgan fingerprint density at radius 2 is 1.75 bits per heavy atom. The van der Waals surface area contributed by atoms with Crippen molar-refractivity contribution < 1.29 is 31.8 Å². The third kappa shape index (κ3) is 5.37. The van der Waals surface area contributed by atoms with Gasteiger partial charge in [-0.05, 0) is 42.3 Å². The molecule has 3 nitrogen and oxygen atoms in total. The van der Waals surface area contributed by atoms with E-state index in [4.69, 9.17) is 9.47 Å². The first-order valence-corrected chi connectivity index (χ1v) is 10.6. The van der Waals surface area contributed by atoms with Gasteiger partial charge in [0.25, 0.3) is 0 Å². The Bertz CT molecular complexity index is 1130. The lowest BCUT2D eigenvalue weighted by Crippen LogP contribution is -2.05. The molecular weight excluding hydrogens is 444 g/mol. The van der Waals surface area contributed by atoms with E-state index in [9.17, 15) is 22.4 Å². The molecule has 8 heteroatoms. The van der Waals surface area contributed by atoms with Crippen molar-refractivity contribution in [2.75, 3.05) is 7.11 Å². The maximum absolute atomic E-state index is 13.8. The van der Waals surface area contributed by atoms with Crippen LogP contribution in [0.4, 0.5) is 17.6 Å². The number of ether oxygens (including phenoxy) is 2. The van der Waals surface area contributed by atoms with Crippen molar-refractivity contribution in [3.63, 3.8) is 0 Å². The van der Waals surface area contributed by atoms with Gasteiger partial charge in [0.05, 0.1) is 12.0 Å². The first-order valence-electron chi connectivity index (χ1n) is 9.77. The number of ketones is 1. The number of halogens is 4. The second-order valence-corrected chi connectivity index (χ2v) is 8.04. The number of carbonyl (C=O) groups excluding carboxylic acids is 1. The molecule has 0 unspecified atom stereocenters. The highest BCUT2D eigenvalue weighted by Gasteiger charge is 2.21. The maximum Gasteiger partial charge on any atom is 0.203 e. The van der Waals surface area contributed by atoms with Gasteiger partial charge in [0.1, 0.15) is 12.4 Å². The van der Waals surface area contributed by atoms with Crippen LogP contribution >= 0.6 is 11.3 Å². The van der Waals surface area contributed by atoms with Crippen molar-refractivity contribution in [2.24, 2.45) is 0 Å². The Labute approximate surface area is 186 Å². The predicted molar refractivity (Wildman–Crippen MR) is 115 cm³/mol. The Kier molecular flexibility index (Phi) is 7.69. The summed E-state index contributed by atoms with van der Waals surface area (Å²) in [4.78, 5) is 14.2. The van der Waals surface area contributed by atoms with Gasteiger partial charge in [-0.15, -0.1) is 11.3 Å². The fraction of sp³-hybridized carbons (Fsp3) is 0.208. The third-order valence-corrected chi connectivity index (χ3v) is 5.74. The van der Waals surface area contributed by atoms with E-state index < -0.39 is 35.6 Å². The fourth-order valence-corrected chi connectivity index (χ4v) is 4.02. The van der Waals surface area contributed by atoms with E-state index in [1.54, 1.807) is 30.3 Å². The summed E-state index contributed by atoms with van der Waals surface area (Å²) < 4.78 is 64.7. The molecule has 1 heterocycles. The summed E-state index contributed by atoms with van der Waals surface area (Å²) in [6, 6.07) is 8.70. The molecule has 0 spiro atoms. The molecule has 0 aliphatic heterocycles. The minimum Gasteiger partial charge on any atom is -0.496 e.